The predicted octanol–water partition coefficient (Wildman–Crippen LogP) is 0.940. The first-order valence-electron chi connectivity index (χ1n) is 4.76. The topological polar surface area (TPSA) is 32.7 Å². The summed E-state index contributed by atoms with van der Waals surface area (Å²) in [6.45, 7) is 2.01. The van der Waals surface area contributed by atoms with Crippen molar-refractivity contribution in [2.75, 3.05) is 20.3 Å². The minimum absolute atomic E-state index is 0.150. The van der Waals surface area contributed by atoms with Gasteiger partial charge in [0.05, 0.1) is 25.4 Å². The standard InChI is InChI=1S/C10H15NO2S/c1-11(5-8-3-2-4-14-8)9-6-13-7-10(9)12/h2-4,9-10,12H,5-7H2,1H3/t9-,10-/m1/s1. The van der Waals surface area contributed by atoms with Crippen LogP contribution in [0, 0.1) is 0 Å². The highest BCUT2D eigenvalue weighted by molar-refractivity contribution is 7.09. The molecule has 4 heteroatoms. The Hall–Kier alpha value is -0.420. The lowest BCUT2D eigenvalue weighted by atomic mass is 10.2. The summed E-state index contributed by atoms with van der Waals surface area (Å²) >= 11 is 1.75. The quantitative estimate of drug-likeness (QED) is 0.811. The molecule has 1 aromatic heterocycles. The lowest BCUT2D eigenvalue weighted by molar-refractivity contribution is 0.0930. The Kier molecular flexibility index (Phi) is 3.18. The summed E-state index contributed by atoms with van der Waals surface area (Å²) in [5, 5.41) is 11.7. The average molecular weight is 213 g/mol. The molecule has 2 heterocycles. The van der Waals surface area contributed by atoms with Crippen LogP contribution in [0.3, 0.4) is 0 Å². The van der Waals surface area contributed by atoms with Crippen LogP contribution in [0.4, 0.5) is 0 Å². The fourth-order valence-electron chi connectivity index (χ4n) is 1.72. The average Bonchev–Trinajstić information content (AvgIpc) is 2.75. The number of thiophene rings is 1. The van der Waals surface area contributed by atoms with Gasteiger partial charge in [0.1, 0.15) is 0 Å². The Morgan fingerprint density at radius 1 is 1.64 bits per heavy atom. The van der Waals surface area contributed by atoms with Crippen LogP contribution in [0.5, 0.6) is 0 Å². The number of hydrogen-bond acceptors (Lipinski definition) is 4. The zero-order valence-electron chi connectivity index (χ0n) is 8.22. The summed E-state index contributed by atoms with van der Waals surface area (Å²) in [5.41, 5.74) is 0. The maximum absolute atomic E-state index is 9.62. The normalized spacial score (nSPS) is 27.4. The zero-order chi connectivity index (χ0) is 9.97. The van der Waals surface area contributed by atoms with Crippen LogP contribution >= 0.6 is 11.3 Å². The molecule has 0 radical (unpaired) electrons. The van der Waals surface area contributed by atoms with E-state index in [0.29, 0.717) is 13.2 Å². The van der Waals surface area contributed by atoms with Crippen molar-refractivity contribution in [3.8, 4) is 0 Å². The summed E-state index contributed by atoms with van der Waals surface area (Å²) < 4.78 is 5.22. The van der Waals surface area contributed by atoms with Gasteiger partial charge in [0.2, 0.25) is 0 Å². The highest BCUT2D eigenvalue weighted by atomic mass is 32.1. The fraction of sp³-hybridized carbons (Fsp3) is 0.600. The van der Waals surface area contributed by atoms with Crippen molar-refractivity contribution in [2.45, 2.75) is 18.7 Å². The van der Waals surface area contributed by atoms with Crippen molar-refractivity contribution in [3.63, 3.8) is 0 Å². The smallest absolute Gasteiger partial charge is 0.0950 e. The molecule has 0 bridgehead atoms. The minimum Gasteiger partial charge on any atom is -0.389 e. The summed E-state index contributed by atoms with van der Waals surface area (Å²) in [5.74, 6) is 0. The van der Waals surface area contributed by atoms with Crippen LogP contribution in [0.15, 0.2) is 17.5 Å². The molecule has 0 aromatic carbocycles. The number of likely N-dealkylation sites (N-methyl/N-ethyl adjacent to an activating group) is 1. The van der Waals surface area contributed by atoms with Crippen LogP contribution in [0.1, 0.15) is 4.88 Å². The molecular formula is C10H15NO2S. The largest absolute Gasteiger partial charge is 0.389 e. The van der Waals surface area contributed by atoms with Gasteiger partial charge in [-0.1, -0.05) is 6.07 Å². The Labute approximate surface area is 87.9 Å². The Bertz CT molecular complexity index is 276. The van der Waals surface area contributed by atoms with E-state index in [1.165, 1.54) is 4.88 Å². The third kappa shape index (κ3) is 2.15. The number of hydrogen-bond donors (Lipinski definition) is 1. The first-order chi connectivity index (χ1) is 6.77. The first kappa shape index (κ1) is 10.1. The lowest BCUT2D eigenvalue weighted by Crippen LogP contribution is -2.39. The second-order valence-electron chi connectivity index (χ2n) is 3.67. The van der Waals surface area contributed by atoms with E-state index in [2.05, 4.69) is 22.4 Å². The molecule has 3 nitrogen and oxygen atoms in total. The van der Waals surface area contributed by atoms with Gasteiger partial charge in [-0.15, -0.1) is 11.3 Å². The molecule has 0 unspecified atom stereocenters. The van der Waals surface area contributed by atoms with Gasteiger partial charge in [0.25, 0.3) is 0 Å². The second-order valence-corrected chi connectivity index (χ2v) is 4.70. The minimum atomic E-state index is -0.333. The van der Waals surface area contributed by atoms with Gasteiger partial charge in [-0.05, 0) is 18.5 Å². The van der Waals surface area contributed by atoms with Crippen LogP contribution in [0.2, 0.25) is 0 Å². The Morgan fingerprint density at radius 3 is 3.07 bits per heavy atom. The van der Waals surface area contributed by atoms with Crippen LogP contribution in [-0.4, -0.2) is 42.4 Å². The third-order valence-corrected chi connectivity index (χ3v) is 3.43. The molecule has 0 saturated carbocycles. The van der Waals surface area contributed by atoms with Gasteiger partial charge in [-0.3, -0.25) is 4.90 Å². The molecule has 1 N–H and O–H groups in total. The van der Waals surface area contributed by atoms with Gasteiger partial charge in [-0.25, -0.2) is 0 Å². The highest BCUT2D eigenvalue weighted by Gasteiger charge is 2.29. The molecule has 14 heavy (non-hydrogen) atoms. The number of nitrogens with zero attached hydrogens (tertiary/aromatic N) is 1. The summed E-state index contributed by atoms with van der Waals surface area (Å²) in [7, 11) is 2.03. The predicted molar refractivity (Wildman–Crippen MR) is 56.4 cm³/mol. The molecule has 1 aromatic rings. The summed E-state index contributed by atoms with van der Waals surface area (Å²) in [6, 6.07) is 4.32. The number of rotatable bonds is 3. The second kappa shape index (κ2) is 4.40. The van der Waals surface area contributed by atoms with E-state index in [9.17, 15) is 5.11 Å². The number of aliphatic hydroxyl groups excluding tert-OH is 1. The van der Waals surface area contributed by atoms with Gasteiger partial charge in [0.15, 0.2) is 0 Å². The van der Waals surface area contributed by atoms with Crippen LogP contribution in [-0.2, 0) is 11.3 Å². The van der Waals surface area contributed by atoms with E-state index in [4.69, 9.17) is 4.74 Å². The molecular weight excluding hydrogens is 198 g/mol. The fourth-order valence-corrected chi connectivity index (χ4v) is 2.49. The number of ether oxygens (including phenoxy) is 1. The van der Waals surface area contributed by atoms with E-state index in [1.54, 1.807) is 11.3 Å². The van der Waals surface area contributed by atoms with Crippen LogP contribution in [0.25, 0.3) is 0 Å². The SMILES string of the molecule is CN(Cc1cccs1)[C@@H]1COC[C@H]1O. The number of aliphatic hydroxyl groups is 1. The molecule has 2 atom stereocenters. The van der Waals surface area contributed by atoms with E-state index < -0.39 is 0 Å². The van der Waals surface area contributed by atoms with Crippen LogP contribution < -0.4 is 0 Å². The third-order valence-electron chi connectivity index (χ3n) is 2.57. The van der Waals surface area contributed by atoms with Gasteiger partial charge < -0.3 is 9.84 Å². The molecule has 78 valence electrons. The molecule has 0 amide bonds. The summed E-state index contributed by atoms with van der Waals surface area (Å²) in [4.78, 5) is 3.48. The maximum Gasteiger partial charge on any atom is 0.0950 e. The van der Waals surface area contributed by atoms with Crippen molar-refractivity contribution in [1.29, 1.82) is 0 Å². The Balaban J connectivity index is 1.92. The molecule has 0 aliphatic carbocycles. The molecule has 1 saturated heterocycles. The van der Waals surface area contributed by atoms with Crippen molar-refractivity contribution in [2.24, 2.45) is 0 Å². The first-order valence-corrected chi connectivity index (χ1v) is 5.64. The molecule has 2 rings (SSSR count). The van der Waals surface area contributed by atoms with Gasteiger partial charge >= 0.3 is 0 Å². The molecule has 1 aliphatic rings. The molecule has 1 fully saturated rings. The Morgan fingerprint density at radius 2 is 2.50 bits per heavy atom. The molecule has 0 spiro atoms. The van der Waals surface area contributed by atoms with Crippen molar-refractivity contribution in [1.82, 2.24) is 4.90 Å². The van der Waals surface area contributed by atoms with E-state index in [1.807, 2.05) is 7.05 Å². The van der Waals surface area contributed by atoms with E-state index >= 15 is 0 Å². The van der Waals surface area contributed by atoms with E-state index in [-0.39, 0.29) is 12.1 Å². The molecule has 1 aliphatic heterocycles. The lowest BCUT2D eigenvalue weighted by Gasteiger charge is -2.24. The van der Waals surface area contributed by atoms with Crippen molar-refractivity contribution < 1.29 is 9.84 Å². The highest BCUT2D eigenvalue weighted by Crippen LogP contribution is 2.17. The maximum atomic E-state index is 9.62. The van der Waals surface area contributed by atoms with Crippen molar-refractivity contribution in [3.05, 3.63) is 22.4 Å². The van der Waals surface area contributed by atoms with Crippen molar-refractivity contribution >= 4 is 11.3 Å². The van der Waals surface area contributed by atoms with Gasteiger partial charge in [-0.2, -0.15) is 0 Å². The van der Waals surface area contributed by atoms with Gasteiger partial charge in [0, 0.05) is 11.4 Å². The zero-order valence-corrected chi connectivity index (χ0v) is 9.04. The monoisotopic (exact) mass is 213 g/mol. The summed E-state index contributed by atoms with van der Waals surface area (Å²) in [6.07, 6.45) is -0.333. The van der Waals surface area contributed by atoms with E-state index in [0.717, 1.165) is 6.54 Å².